The van der Waals surface area contributed by atoms with Crippen LogP contribution in [0.4, 0.5) is 0 Å². The first kappa shape index (κ1) is 12.9. The SMILES string of the molecule is CCc1nc(SCc2ncc(-c3ccccc3)o2)n[nH]1. The summed E-state index contributed by atoms with van der Waals surface area (Å²) in [5.41, 5.74) is 1.03. The van der Waals surface area contributed by atoms with Crippen LogP contribution in [0.15, 0.2) is 46.1 Å². The maximum absolute atomic E-state index is 5.73. The molecule has 0 bridgehead atoms. The molecule has 5 nitrogen and oxygen atoms in total. The van der Waals surface area contributed by atoms with Gasteiger partial charge in [-0.05, 0) is 0 Å². The Hall–Kier alpha value is -2.08. The predicted octanol–water partition coefficient (Wildman–Crippen LogP) is 3.31. The van der Waals surface area contributed by atoms with Crippen molar-refractivity contribution in [3.63, 3.8) is 0 Å². The van der Waals surface area contributed by atoms with E-state index in [1.807, 2.05) is 37.3 Å². The summed E-state index contributed by atoms with van der Waals surface area (Å²) >= 11 is 1.51. The van der Waals surface area contributed by atoms with E-state index < -0.39 is 0 Å². The molecule has 0 atom stereocenters. The van der Waals surface area contributed by atoms with E-state index in [0.717, 1.165) is 28.7 Å². The number of aromatic nitrogens is 4. The second-order valence-electron chi connectivity index (χ2n) is 4.19. The van der Waals surface area contributed by atoms with Gasteiger partial charge in [0.2, 0.25) is 11.0 Å². The maximum atomic E-state index is 5.73. The molecule has 0 spiro atoms. The molecule has 1 aromatic carbocycles. The van der Waals surface area contributed by atoms with Crippen molar-refractivity contribution in [2.75, 3.05) is 0 Å². The number of H-pyrrole nitrogens is 1. The zero-order chi connectivity index (χ0) is 13.8. The number of aryl methyl sites for hydroxylation is 1. The molecule has 1 N–H and O–H groups in total. The Morgan fingerprint density at radius 3 is 2.85 bits per heavy atom. The summed E-state index contributed by atoms with van der Waals surface area (Å²) in [7, 11) is 0. The molecule has 0 unspecified atom stereocenters. The van der Waals surface area contributed by atoms with E-state index in [1.165, 1.54) is 11.8 Å². The topological polar surface area (TPSA) is 67.6 Å². The average molecular weight is 286 g/mol. The molecule has 3 rings (SSSR count). The summed E-state index contributed by atoms with van der Waals surface area (Å²) in [6.45, 7) is 2.04. The van der Waals surface area contributed by atoms with Crippen molar-refractivity contribution in [3.05, 3.63) is 48.2 Å². The van der Waals surface area contributed by atoms with Crippen LogP contribution in [0.25, 0.3) is 11.3 Å². The first-order valence-corrected chi connectivity index (χ1v) is 7.38. The van der Waals surface area contributed by atoms with E-state index in [1.54, 1.807) is 6.20 Å². The molecule has 2 aromatic heterocycles. The Labute approximate surface area is 120 Å². The van der Waals surface area contributed by atoms with Gasteiger partial charge in [-0.1, -0.05) is 49.0 Å². The fourth-order valence-corrected chi connectivity index (χ4v) is 2.41. The van der Waals surface area contributed by atoms with Gasteiger partial charge >= 0.3 is 0 Å². The number of rotatable bonds is 5. The highest BCUT2D eigenvalue weighted by Crippen LogP contribution is 2.23. The van der Waals surface area contributed by atoms with Crippen molar-refractivity contribution in [1.82, 2.24) is 20.2 Å². The smallest absolute Gasteiger partial charge is 0.208 e. The largest absolute Gasteiger partial charge is 0.440 e. The highest BCUT2D eigenvalue weighted by molar-refractivity contribution is 7.98. The minimum absolute atomic E-state index is 0.619. The van der Waals surface area contributed by atoms with Crippen LogP contribution in [0.2, 0.25) is 0 Å². The summed E-state index contributed by atoms with van der Waals surface area (Å²) in [5, 5.41) is 7.74. The van der Waals surface area contributed by atoms with Gasteiger partial charge in [-0.2, -0.15) is 0 Å². The van der Waals surface area contributed by atoms with Crippen molar-refractivity contribution < 1.29 is 4.42 Å². The monoisotopic (exact) mass is 286 g/mol. The third kappa shape index (κ3) is 2.91. The fraction of sp³-hybridized carbons (Fsp3) is 0.214. The van der Waals surface area contributed by atoms with Crippen molar-refractivity contribution in [2.45, 2.75) is 24.3 Å². The zero-order valence-electron chi connectivity index (χ0n) is 11.0. The van der Waals surface area contributed by atoms with Crippen LogP contribution in [0.3, 0.4) is 0 Å². The number of nitrogens with one attached hydrogen (secondary N) is 1. The van der Waals surface area contributed by atoms with Gasteiger partial charge in [0.1, 0.15) is 5.82 Å². The molecule has 0 aliphatic carbocycles. The van der Waals surface area contributed by atoms with Crippen LogP contribution >= 0.6 is 11.8 Å². The van der Waals surface area contributed by atoms with Crippen molar-refractivity contribution in [1.29, 1.82) is 0 Å². The van der Waals surface area contributed by atoms with E-state index in [2.05, 4.69) is 20.2 Å². The molecule has 0 aliphatic heterocycles. The molecule has 2 heterocycles. The van der Waals surface area contributed by atoms with Crippen molar-refractivity contribution in [3.8, 4) is 11.3 Å². The lowest BCUT2D eigenvalue weighted by Crippen LogP contribution is -1.82. The van der Waals surface area contributed by atoms with Gasteiger partial charge in [0.05, 0.1) is 11.9 Å². The van der Waals surface area contributed by atoms with E-state index in [4.69, 9.17) is 4.42 Å². The molecule has 0 amide bonds. The molecule has 0 aliphatic rings. The highest BCUT2D eigenvalue weighted by Gasteiger charge is 2.08. The van der Waals surface area contributed by atoms with Gasteiger partial charge in [0.15, 0.2) is 5.76 Å². The van der Waals surface area contributed by atoms with Crippen molar-refractivity contribution >= 4 is 11.8 Å². The van der Waals surface area contributed by atoms with Crippen LogP contribution in [0.1, 0.15) is 18.6 Å². The molecule has 0 fully saturated rings. The Balaban J connectivity index is 1.65. The first-order chi connectivity index (χ1) is 9.85. The molecule has 3 aromatic rings. The average Bonchev–Trinajstić information content (AvgIpc) is 3.15. The number of benzene rings is 1. The number of hydrogen-bond acceptors (Lipinski definition) is 5. The summed E-state index contributed by atoms with van der Waals surface area (Å²) in [4.78, 5) is 8.62. The van der Waals surface area contributed by atoms with Crippen LogP contribution < -0.4 is 0 Å². The van der Waals surface area contributed by atoms with Gasteiger partial charge in [-0.25, -0.2) is 9.97 Å². The predicted molar refractivity (Wildman–Crippen MR) is 77.3 cm³/mol. The Kier molecular flexibility index (Phi) is 3.83. The third-order valence-electron chi connectivity index (χ3n) is 2.78. The van der Waals surface area contributed by atoms with Crippen LogP contribution in [0.5, 0.6) is 0 Å². The molecule has 20 heavy (non-hydrogen) atoms. The highest BCUT2D eigenvalue weighted by atomic mass is 32.2. The van der Waals surface area contributed by atoms with E-state index in [0.29, 0.717) is 11.6 Å². The number of nitrogens with zero attached hydrogens (tertiary/aromatic N) is 3. The normalized spacial score (nSPS) is 10.8. The molecule has 102 valence electrons. The maximum Gasteiger partial charge on any atom is 0.208 e. The summed E-state index contributed by atoms with van der Waals surface area (Å²) in [5.74, 6) is 2.97. The lowest BCUT2D eigenvalue weighted by Gasteiger charge is -1.94. The fourth-order valence-electron chi connectivity index (χ4n) is 1.74. The number of aromatic amines is 1. The lowest BCUT2D eigenvalue weighted by molar-refractivity contribution is 0.530. The standard InChI is InChI=1S/C14H14N4OS/c1-2-12-16-14(18-17-12)20-9-13-15-8-11(19-13)10-6-4-3-5-7-10/h3-8H,2,9H2,1H3,(H,16,17,18). The Morgan fingerprint density at radius 2 is 2.10 bits per heavy atom. The molecular formula is C14H14N4OS. The lowest BCUT2D eigenvalue weighted by atomic mass is 10.2. The molecule has 6 heteroatoms. The van der Waals surface area contributed by atoms with Gasteiger partial charge in [0, 0.05) is 12.0 Å². The van der Waals surface area contributed by atoms with Gasteiger partial charge < -0.3 is 4.42 Å². The second-order valence-corrected chi connectivity index (χ2v) is 5.13. The molecule has 0 radical (unpaired) electrons. The number of thioether (sulfide) groups is 1. The molecule has 0 saturated carbocycles. The zero-order valence-corrected chi connectivity index (χ0v) is 11.9. The minimum Gasteiger partial charge on any atom is -0.440 e. The first-order valence-electron chi connectivity index (χ1n) is 6.39. The van der Waals surface area contributed by atoms with E-state index in [-0.39, 0.29) is 0 Å². The Morgan fingerprint density at radius 1 is 1.25 bits per heavy atom. The van der Waals surface area contributed by atoms with Crippen molar-refractivity contribution in [2.24, 2.45) is 0 Å². The minimum atomic E-state index is 0.619. The summed E-state index contributed by atoms with van der Waals surface area (Å²) in [6.07, 6.45) is 2.60. The summed E-state index contributed by atoms with van der Waals surface area (Å²) < 4.78 is 5.73. The molecular weight excluding hydrogens is 272 g/mol. The summed E-state index contributed by atoms with van der Waals surface area (Å²) in [6, 6.07) is 9.93. The van der Waals surface area contributed by atoms with E-state index in [9.17, 15) is 0 Å². The second kappa shape index (κ2) is 5.92. The Bertz CT molecular complexity index is 677. The van der Waals surface area contributed by atoms with E-state index >= 15 is 0 Å². The third-order valence-corrected chi connectivity index (χ3v) is 3.61. The molecule has 0 saturated heterocycles. The van der Waals surface area contributed by atoms with Gasteiger partial charge in [0.25, 0.3) is 0 Å². The van der Waals surface area contributed by atoms with Crippen LogP contribution in [-0.4, -0.2) is 20.2 Å². The quantitative estimate of drug-likeness (QED) is 0.729. The van der Waals surface area contributed by atoms with Crippen LogP contribution in [-0.2, 0) is 12.2 Å². The van der Waals surface area contributed by atoms with Gasteiger partial charge in [-0.15, -0.1) is 5.10 Å². The number of oxazole rings is 1. The van der Waals surface area contributed by atoms with Gasteiger partial charge in [-0.3, -0.25) is 5.10 Å². The number of hydrogen-bond donors (Lipinski definition) is 1. The van der Waals surface area contributed by atoms with Crippen LogP contribution in [0, 0.1) is 0 Å².